The van der Waals surface area contributed by atoms with Gasteiger partial charge in [-0.1, -0.05) is 30.3 Å². The molecular weight excluding hydrogens is 352 g/mol. The molecule has 2 aliphatic heterocycles. The van der Waals surface area contributed by atoms with Gasteiger partial charge in [-0.15, -0.1) is 0 Å². The van der Waals surface area contributed by atoms with Crippen LogP contribution in [0.3, 0.4) is 0 Å². The van der Waals surface area contributed by atoms with Crippen molar-refractivity contribution < 1.29 is 9.15 Å². The molecule has 2 aliphatic rings. The minimum Gasteiger partial charge on any atom is -0.461 e. The van der Waals surface area contributed by atoms with Crippen LogP contribution in [-0.4, -0.2) is 58.7 Å². The molecule has 0 spiro atoms. The summed E-state index contributed by atoms with van der Waals surface area (Å²) in [5, 5.41) is 0. The van der Waals surface area contributed by atoms with Crippen molar-refractivity contribution in [2.75, 3.05) is 32.8 Å². The molecule has 2 saturated heterocycles. The van der Waals surface area contributed by atoms with Crippen LogP contribution in [0.4, 0.5) is 0 Å². The lowest BCUT2D eigenvalue weighted by Crippen LogP contribution is -2.58. The third-order valence-corrected chi connectivity index (χ3v) is 5.64. The van der Waals surface area contributed by atoms with E-state index in [1.165, 1.54) is 5.56 Å². The summed E-state index contributed by atoms with van der Waals surface area (Å²) in [6, 6.07) is 15.2. The van der Waals surface area contributed by atoms with Crippen LogP contribution in [0.25, 0.3) is 11.6 Å². The second-order valence-corrected chi connectivity index (χ2v) is 7.48. The van der Waals surface area contributed by atoms with Crippen molar-refractivity contribution in [3.05, 3.63) is 72.2 Å². The van der Waals surface area contributed by atoms with Crippen LogP contribution in [0.1, 0.15) is 17.2 Å². The van der Waals surface area contributed by atoms with E-state index in [9.17, 15) is 0 Å². The lowest BCUT2D eigenvalue weighted by molar-refractivity contribution is -0.0836. The molecular formula is C22H24N4O2. The number of hydrogen-bond acceptors (Lipinski definition) is 6. The SMILES string of the molecule is c1ccc([C@H]2COC[C@H]3CN(Cc4cnc(-c5ccco5)nc4)CCN32)cc1. The number of morpholine rings is 1. The van der Waals surface area contributed by atoms with Gasteiger partial charge in [0.05, 0.1) is 25.5 Å². The highest BCUT2D eigenvalue weighted by molar-refractivity contribution is 5.45. The Hall–Kier alpha value is -2.54. The summed E-state index contributed by atoms with van der Waals surface area (Å²) in [6.07, 6.45) is 5.45. The Morgan fingerprint density at radius 3 is 2.61 bits per heavy atom. The minimum absolute atomic E-state index is 0.359. The van der Waals surface area contributed by atoms with Gasteiger partial charge in [0, 0.05) is 50.2 Å². The van der Waals surface area contributed by atoms with Crippen LogP contribution < -0.4 is 0 Å². The Bertz CT molecular complexity index is 883. The summed E-state index contributed by atoms with van der Waals surface area (Å²) in [5.74, 6) is 1.33. The normalized spacial score (nSPS) is 23.4. The summed E-state index contributed by atoms with van der Waals surface area (Å²) in [6.45, 7) is 5.54. The molecule has 0 bridgehead atoms. The lowest BCUT2D eigenvalue weighted by atomic mass is 10.00. The van der Waals surface area contributed by atoms with Gasteiger partial charge in [0.2, 0.25) is 0 Å². The minimum atomic E-state index is 0.359. The molecule has 28 heavy (non-hydrogen) atoms. The zero-order chi connectivity index (χ0) is 18.8. The molecule has 0 saturated carbocycles. The molecule has 6 nitrogen and oxygen atoms in total. The third kappa shape index (κ3) is 3.58. The maximum atomic E-state index is 5.96. The highest BCUT2D eigenvalue weighted by Gasteiger charge is 2.36. The Balaban J connectivity index is 1.23. The third-order valence-electron chi connectivity index (χ3n) is 5.64. The van der Waals surface area contributed by atoms with Crippen molar-refractivity contribution in [3.63, 3.8) is 0 Å². The molecule has 2 atom stereocenters. The molecule has 3 aromatic rings. The monoisotopic (exact) mass is 376 g/mol. The number of benzene rings is 1. The number of ether oxygens (including phenoxy) is 1. The first-order valence-electron chi connectivity index (χ1n) is 9.82. The van der Waals surface area contributed by atoms with E-state index < -0.39 is 0 Å². The van der Waals surface area contributed by atoms with Crippen molar-refractivity contribution in [1.82, 2.24) is 19.8 Å². The molecule has 5 rings (SSSR count). The average Bonchev–Trinajstić information content (AvgIpc) is 3.29. The maximum absolute atomic E-state index is 5.96. The number of nitrogens with zero attached hydrogens (tertiary/aromatic N) is 4. The summed E-state index contributed by atoms with van der Waals surface area (Å²) in [4.78, 5) is 14.0. The van der Waals surface area contributed by atoms with Crippen molar-refractivity contribution in [3.8, 4) is 11.6 Å². The molecule has 2 aromatic heterocycles. The zero-order valence-electron chi connectivity index (χ0n) is 15.8. The predicted octanol–water partition coefficient (Wildman–Crippen LogP) is 2.99. The molecule has 0 unspecified atom stereocenters. The molecule has 1 aromatic carbocycles. The average molecular weight is 376 g/mol. The van der Waals surface area contributed by atoms with E-state index in [1.54, 1.807) is 6.26 Å². The Morgan fingerprint density at radius 1 is 0.964 bits per heavy atom. The highest BCUT2D eigenvalue weighted by Crippen LogP contribution is 2.30. The largest absolute Gasteiger partial charge is 0.461 e. The van der Waals surface area contributed by atoms with Crippen LogP contribution in [0, 0.1) is 0 Å². The number of rotatable bonds is 4. The quantitative estimate of drug-likeness (QED) is 0.698. The van der Waals surface area contributed by atoms with E-state index in [-0.39, 0.29) is 0 Å². The van der Waals surface area contributed by atoms with Gasteiger partial charge in [-0.05, 0) is 17.7 Å². The van der Waals surface area contributed by atoms with Crippen LogP contribution in [0.2, 0.25) is 0 Å². The number of furan rings is 1. The van der Waals surface area contributed by atoms with E-state index in [4.69, 9.17) is 9.15 Å². The number of hydrogen-bond donors (Lipinski definition) is 0. The van der Waals surface area contributed by atoms with Gasteiger partial charge in [-0.2, -0.15) is 0 Å². The second-order valence-electron chi connectivity index (χ2n) is 7.48. The van der Waals surface area contributed by atoms with Crippen LogP contribution in [0.5, 0.6) is 0 Å². The first kappa shape index (κ1) is 17.6. The molecule has 144 valence electrons. The topological polar surface area (TPSA) is 54.6 Å². The molecule has 4 heterocycles. The summed E-state index contributed by atoms with van der Waals surface area (Å²) < 4.78 is 11.3. The van der Waals surface area contributed by atoms with Gasteiger partial charge in [0.15, 0.2) is 11.6 Å². The zero-order valence-corrected chi connectivity index (χ0v) is 15.8. The first-order valence-corrected chi connectivity index (χ1v) is 9.82. The van der Waals surface area contributed by atoms with E-state index in [1.807, 2.05) is 24.5 Å². The molecule has 0 amide bonds. The fraction of sp³-hybridized carbons (Fsp3) is 0.364. The smallest absolute Gasteiger partial charge is 0.195 e. The summed E-state index contributed by atoms with van der Waals surface area (Å²) in [5.41, 5.74) is 2.47. The Labute approximate surface area is 164 Å². The summed E-state index contributed by atoms with van der Waals surface area (Å²) >= 11 is 0. The summed E-state index contributed by atoms with van der Waals surface area (Å²) in [7, 11) is 0. The van der Waals surface area contributed by atoms with E-state index in [0.717, 1.165) is 45.0 Å². The van der Waals surface area contributed by atoms with Gasteiger partial charge in [-0.3, -0.25) is 9.80 Å². The standard InChI is InChI=1S/C22H24N4O2/c1-2-5-18(6-3-1)20-16-27-15-19-14-25(8-9-26(19)20)13-17-11-23-22(24-12-17)21-7-4-10-28-21/h1-7,10-12,19-20H,8-9,13-16H2/t19-,20-/m1/s1. The fourth-order valence-electron chi connectivity index (χ4n) is 4.24. The maximum Gasteiger partial charge on any atom is 0.195 e. The van der Waals surface area contributed by atoms with Crippen LogP contribution in [0.15, 0.2) is 65.5 Å². The number of aromatic nitrogens is 2. The van der Waals surface area contributed by atoms with Crippen molar-refractivity contribution in [1.29, 1.82) is 0 Å². The van der Waals surface area contributed by atoms with Crippen LogP contribution in [-0.2, 0) is 11.3 Å². The molecule has 2 fully saturated rings. The van der Waals surface area contributed by atoms with E-state index >= 15 is 0 Å². The van der Waals surface area contributed by atoms with Crippen molar-refractivity contribution >= 4 is 0 Å². The molecule has 0 N–H and O–H groups in total. The number of fused-ring (bicyclic) bond motifs is 1. The Morgan fingerprint density at radius 2 is 1.82 bits per heavy atom. The lowest BCUT2D eigenvalue weighted by Gasteiger charge is -2.48. The second kappa shape index (κ2) is 7.83. The Kier molecular flexibility index (Phi) is 4.91. The van der Waals surface area contributed by atoms with Gasteiger partial charge in [0.25, 0.3) is 0 Å². The van der Waals surface area contributed by atoms with Crippen molar-refractivity contribution in [2.45, 2.75) is 18.6 Å². The van der Waals surface area contributed by atoms with Gasteiger partial charge in [-0.25, -0.2) is 9.97 Å². The highest BCUT2D eigenvalue weighted by atomic mass is 16.5. The molecule has 0 radical (unpaired) electrons. The van der Waals surface area contributed by atoms with Gasteiger partial charge < -0.3 is 9.15 Å². The van der Waals surface area contributed by atoms with Gasteiger partial charge in [0.1, 0.15) is 0 Å². The van der Waals surface area contributed by atoms with Crippen molar-refractivity contribution in [2.24, 2.45) is 0 Å². The first-order chi connectivity index (χ1) is 13.9. The van der Waals surface area contributed by atoms with Crippen LogP contribution >= 0.6 is 0 Å². The predicted molar refractivity (Wildman–Crippen MR) is 106 cm³/mol. The molecule has 6 heteroatoms. The fourth-order valence-corrected chi connectivity index (χ4v) is 4.24. The van der Waals surface area contributed by atoms with Gasteiger partial charge >= 0.3 is 0 Å². The number of piperazine rings is 1. The molecule has 0 aliphatic carbocycles. The van der Waals surface area contributed by atoms with E-state index in [2.05, 4.69) is 50.1 Å². The van der Waals surface area contributed by atoms with E-state index in [0.29, 0.717) is 23.7 Å².